The van der Waals surface area contributed by atoms with Gasteiger partial charge in [0.15, 0.2) is 0 Å². The minimum absolute atomic E-state index is 0.214. The number of hydrogen-bond donors (Lipinski definition) is 0. The Balaban J connectivity index is 1.30. The number of carbonyl (C=O) groups is 2. The first-order valence-electron chi connectivity index (χ1n) is 11.7. The summed E-state index contributed by atoms with van der Waals surface area (Å²) in [5, 5.41) is 2.09. The van der Waals surface area contributed by atoms with Crippen molar-refractivity contribution in [3.8, 4) is 0 Å². The molecule has 4 aromatic rings. The van der Waals surface area contributed by atoms with Crippen molar-refractivity contribution in [1.82, 2.24) is 19.9 Å². The molecule has 1 aromatic carbocycles. The topological polar surface area (TPSA) is 76.1 Å². The van der Waals surface area contributed by atoms with Crippen molar-refractivity contribution in [1.29, 1.82) is 0 Å². The van der Waals surface area contributed by atoms with Crippen molar-refractivity contribution in [2.75, 3.05) is 12.3 Å². The SMILES string of the molecule is CC(C)Cc1nc2sc3c(SCCN4C(=O)c5ccccc5C4=O)ncnc3c2c2c1CCC2. The lowest BCUT2D eigenvalue weighted by Gasteiger charge is -2.13. The minimum Gasteiger partial charge on any atom is -0.273 e. The average molecular weight is 489 g/mol. The molecule has 0 saturated carbocycles. The second kappa shape index (κ2) is 8.43. The molecule has 0 bridgehead atoms. The third kappa shape index (κ3) is 3.43. The van der Waals surface area contributed by atoms with Crippen LogP contribution in [0, 0.1) is 5.92 Å². The smallest absolute Gasteiger partial charge is 0.261 e. The first-order valence-corrected chi connectivity index (χ1v) is 13.5. The van der Waals surface area contributed by atoms with Crippen molar-refractivity contribution in [3.63, 3.8) is 0 Å². The van der Waals surface area contributed by atoms with E-state index in [0.29, 0.717) is 29.3 Å². The first kappa shape index (κ1) is 21.7. The highest BCUT2D eigenvalue weighted by molar-refractivity contribution is 7.99. The molecule has 0 radical (unpaired) electrons. The highest BCUT2D eigenvalue weighted by atomic mass is 32.2. The number of thioether (sulfide) groups is 1. The zero-order valence-electron chi connectivity index (χ0n) is 19.1. The lowest BCUT2D eigenvalue weighted by Crippen LogP contribution is -2.31. The van der Waals surface area contributed by atoms with Crippen molar-refractivity contribution in [2.24, 2.45) is 5.92 Å². The number of aromatic nitrogens is 3. The number of rotatable bonds is 6. The van der Waals surface area contributed by atoms with Crippen LogP contribution in [0.4, 0.5) is 0 Å². The number of nitrogens with zero attached hydrogens (tertiary/aromatic N) is 4. The van der Waals surface area contributed by atoms with Crippen LogP contribution in [0.1, 0.15) is 57.8 Å². The molecule has 4 heterocycles. The summed E-state index contributed by atoms with van der Waals surface area (Å²) in [5.74, 6) is 0.717. The molecule has 6 rings (SSSR count). The van der Waals surface area contributed by atoms with E-state index in [1.54, 1.807) is 53.7 Å². The van der Waals surface area contributed by atoms with E-state index in [1.165, 1.54) is 33.5 Å². The monoisotopic (exact) mass is 488 g/mol. The molecule has 0 unspecified atom stereocenters. The number of imide groups is 1. The van der Waals surface area contributed by atoms with E-state index in [0.717, 1.165) is 39.3 Å². The number of thiophene rings is 1. The second-order valence-electron chi connectivity index (χ2n) is 9.26. The lowest BCUT2D eigenvalue weighted by atomic mass is 9.99. The summed E-state index contributed by atoms with van der Waals surface area (Å²) in [4.78, 5) is 42.0. The van der Waals surface area contributed by atoms with Crippen molar-refractivity contribution < 1.29 is 9.59 Å². The molecule has 3 aromatic heterocycles. The number of pyridine rings is 1. The zero-order chi connectivity index (χ0) is 23.4. The predicted octanol–water partition coefficient (Wildman–Crippen LogP) is 5.32. The fourth-order valence-electron chi connectivity index (χ4n) is 5.09. The van der Waals surface area contributed by atoms with Crippen LogP contribution in [0.15, 0.2) is 35.6 Å². The van der Waals surface area contributed by atoms with Gasteiger partial charge in [-0.2, -0.15) is 0 Å². The molecule has 2 amide bonds. The van der Waals surface area contributed by atoms with Crippen LogP contribution in [0.25, 0.3) is 20.4 Å². The molecule has 1 aliphatic heterocycles. The van der Waals surface area contributed by atoms with Crippen molar-refractivity contribution in [3.05, 3.63) is 58.5 Å². The highest BCUT2D eigenvalue weighted by Crippen LogP contribution is 2.42. The maximum Gasteiger partial charge on any atom is 0.261 e. The summed E-state index contributed by atoms with van der Waals surface area (Å²) in [6.45, 7) is 4.83. The molecule has 6 nitrogen and oxygen atoms in total. The molecule has 0 spiro atoms. The van der Waals surface area contributed by atoms with Gasteiger partial charge in [0, 0.05) is 23.4 Å². The van der Waals surface area contributed by atoms with Crippen LogP contribution in [0.2, 0.25) is 0 Å². The summed E-state index contributed by atoms with van der Waals surface area (Å²) in [5.41, 5.74) is 6.06. The quantitative estimate of drug-likeness (QED) is 0.208. The molecular formula is C26H24N4O2S2. The molecule has 0 atom stereocenters. The van der Waals surface area contributed by atoms with E-state index in [-0.39, 0.29) is 11.8 Å². The van der Waals surface area contributed by atoms with Crippen LogP contribution in [0.5, 0.6) is 0 Å². The fourth-order valence-corrected chi connectivity index (χ4v) is 7.27. The van der Waals surface area contributed by atoms with Gasteiger partial charge in [0.25, 0.3) is 11.8 Å². The highest BCUT2D eigenvalue weighted by Gasteiger charge is 2.34. The van der Waals surface area contributed by atoms with E-state index in [9.17, 15) is 9.59 Å². The van der Waals surface area contributed by atoms with E-state index in [1.807, 2.05) is 0 Å². The van der Waals surface area contributed by atoms with Crippen LogP contribution in [0.3, 0.4) is 0 Å². The summed E-state index contributed by atoms with van der Waals surface area (Å²) < 4.78 is 1.05. The summed E-state index contributed by atoms with van der Waals surface area (Å²) in [7, 11) is 0. The van der Waals surface area contributed by atoms with Gasteiger partial charge in [-0.05, 0) is 54.9 Å². The number of carbonyl (C=O) groups excluding carboxylic acids is 2. The number of amides is 2. The Labute approximate surface area is 205 Å². The maximum atomic E-state index is 12.7. The first-order chi connectivity index (χ1) is 16.5. The molecule has 34 heavy (non-hydrogen) atoms. The summed E-state index contributed by atoms with van der Waals surface area (Å²) >= 11 is 3.23. The van der Waals surface area contributed by atoms with Gasteiger partial charge in [0.2, 0.25) is 0 Å². The fraction of sp³-hybridized carbons (Fsp3) is 0.346. The summed E-state index contributed by atoms with van der Waals surface area (Å²) in [6.07, 6.45) is 5.98. The van der Waals surface area contributed by atoms with Gasteiger partial charge < -0.3 is 0 Å². The van der Waals surface area contributed by atoms with Crippen molar-refractivity contribution >= 4 is 55.3 Å². The normalized spacial score (nSPS) is 15.2. The molecule has 8 heteroatoms. The van der Waals surface area contributed by atoms with Crippen molar-refractivity contribution in [2.45, 2.75) is 44.6 Å². The Kier molecular flexibility index (Phi) is 5.37. The van der Waals surface area contributed by atoms with Gasteiger partial charge in [0.1, 0.15) is 16.2 Å². The van der Waals surface area contributed by atoms with Crippen LogP contribution >= 0.6 is 23.1 Å². The largest absolute Gasteiger partial charge is 0.273 e. The van der Waals surface area contributed by atoms with E-state index in [4.69, 9.17) is 4.98 Å². The Morgan fingerprint density at radius 1 is 1.06 bits per heavy atom. The average Bonchev–Trinajstić information content (AvgIpc) is 3.51. The Morgan fingerprint density at radius 3 is 2.53 bits per heavy atom. The minimum atomic E-state index is -0.214. The van der Waals surface area contributed by atoms with Gasteiger partial charge in [-0.15, -0.1) is 23.1 Å². The number of fused-ring (bicyclic) bond motifs is 6. The number of hydrogen-bond acceptors (Lipinski definition) is 7. The predicted molar refractivity (Wildman–Crippen MR) is 136 cm³/mol. The molecular weight excluding hydrogens is 464 g/mol. The summed E-state index contributed by atoms with van der Waals surface area (Å²) in [6, 6.07) is 7.01. The molecule has 0 fully saturated rings. The zero-order valence-corrected chi connectivity index (χ0v) is 20.8. The van der Waals surface area contributed by atoms with Crippen LogP contribution < -0.4 is 0 Å². The molecule has 172 valence electrons. The van der Waals surface area contributed by atoms with Crippen LogP contribution in [-0.4, -0.2) is 44.0 Å². The second-order valence-corrected chi connectivity index (χ2v) is 11.3. The van der Waals surface area contributed by atoms with Gasteiger partial charge in [-0.1, -0.05) is 26.0 Å². The molecule has 2 aliphatic rings. The number of aryl methyl sites for hydroxylation is 1. The van der Waals surface area contributed by atoms with Gasteiger partial charge in [-0.25, -0.2) is 15.0 Å². The Bertz CT molecular complexity index is 1440. The Morgan fingerprint density at radius 2 is 1.79 bits per heavy atom. The van der Waals surface area contributed by atoms with E-state index < -0.39 is 0 Å². The Hall–Kier alpha value is -2.84. The van der Waals surface area contributed by atoms with Gasteiger partial charge in [0.05, 0.1) is 21.3 Å². The molecule has 0 N–H and O–H groups in total. The van der Waals surface area contributed by atoms with E-state index in [2.05, 4.69) is 23.8 Å². The lowest BCUT2D eigenvalue weighted by molar-refractivity contribution is 0.0664. The third-order valence-corrected chi connectivity index (χ3v) is 8.74. The maximum absolute atomic E-state index is 12.7. The molecule has 0 saturated heterocycles. The van der Waals surface area contributed by atoms with E-state index >= 15 is 0 Å². The molecule has 1 aliphatic carbocycles. The van der Waals surface area contributed by atoms with Crippen LogP contribution in [-0.2, 0) is 19.3 Å². The van der Waals surface area contributed by atoms with Gasteiger partial charge in [-0.3, -0.25) is 14.5 Å². The van der Waals surface area contributed by atoms with Gasteiger partial charge >= 0.3 is 0 Å². The standard InChI is InChI=1S/C26H24N4O2S2/c1-14(2)12-19-15-8-5-9-16(15)20-21-22(34-23(20)29-19)24(28-13-27-21)33-11-10-30-25(31)17-6-3-4-7-18(17)26(30)32/h3-4,6-7,13-14H,5,8-12H2,1-2H3. The third-order valence-electron chi connectivity index (χ3n) is 6.56. The number of benzene rings is 1.